The minimum atomic E-state index is 0.317. The van der Waals surface area contributed by atoms with E-state index in [4.69, 9.17) is 15.0 Å². The van der Waals surface area contributed by atoms with E-state index in [9.17, 15) is 0 Å². The fourth-order valence-electron chi connectivity index (χ4n) is 3.62. The van der Waals surface area contributed by atoms with Crippen LogP contribution >= 0.6 is 0 Å². The molecular formula is C25H31N3. The highest BCUT2D eigenvalue weighted by molar-refractivity contribution is 5.66. The van der Waals surface area contributed by atoms with E-state index in [1.165, 1.54) is 35.1 Å². The van der Waals surface area contributed by atoms with Gasteiger partial charge in [-0.1, -0.05) is 74.2 Å². The minimum Gasteiger partial charge on any atom is -0.213 e. The second-order valence-electron chi connectivity index (χ2n) is 8.02. The largest absolute Gasteiger partial charge is 0.213 e. The molecule has 0 fully saturated rings. The summed E-state index contributed by atoms with van der Waals surface area (Å²) in [4.78, 5) is 14.7. The summed E-state index contributed by atoms with van der Waals surface area (Å²) in [5, 5.41) is 0. The van der Waals surface area contributed by atoms with E-state index in [-0.39, 0.29) is 0 Å². The first-order valence-electron chi connectivity index (χ1n) is 10.3. The van der Waals surface area contributed by atoms with Crippen molar-refractivity contribution in [3.63, 3.8) is 0 Å². The molecule has 3 nitrogen and oxygen atoms in total. The minimum absolute atomic E-state index is 0.317. The summed E-state index contributed by atoms with van der Waals surface area (Å²) in [5.74, 6) is 2.77. The van der Waals surface area contributed by atoms with E-state index in [0.29, 0.717) is 5.92 Å². The number of unbranched alkanes of at least 4 members (excludes halogenated alkanes) is 1. The first kappa shape index (κ1) is 20.2. The molecule has 0 radical (unpaired) electrons. The van der Waals surface area contributed by atoms with Gasteiger partial charge in [0, 0.05) is 17.0 Å². The Bertz CT molecular complexity index is 906. The van der Waals surface area contributed by atoms with Crippen LogP contribution in [-0.2, 0) is 0 Å². The number of aryl methyl sites for hydroxylation is 4. The average Bonchev–Trinajstić information content (AvgIpc) is 2.65. The lowest BCUT2D eigenvalue weighted by molar-refractivity contribution is 0.594. The van der Waals surface area contributed by atoms with Gasteiger partial charge < -0.3 is 0 Å². The quantitative estimate of drug-likeness (QED) is 0.480. The summed E-state index contributed by atoms with van der Waals surface area (Å²) in [6, 6.07) is 12.9. The lowest BCUT2D eigenvalue weighted by Crippen LogP contribution is -2.07. The second kappa shape index (κ2) is 8.64. The molecule has 0 bridgehead atoms. The van der Waals surface area contributed by atoms with E-state index in [0.717, 1.165) is 35.0 Å². The van der Waals surface area contributed by atoms with Crippen molar-refractivity contribution in [3.8, 4) is 22.8 Å². The van der Waals surface area contributed by atoms with Crippen molar-refractivity contribution in [3.05, 3.63) is 64.5 Å². The van der Waals surface area contributed by atoms with Crippen LogP contribution in [0.4, 0.5) is 0 Å². The Labute approximate surface area is 169 Å². The molecule has 28 heavy (non-hydrogen) atoms. The molecule has 3 rings (SSSR count). The van der Waals surface area contributed by atoms with Gasteiger partial charge in [-0.25, -0.2) is 15.0 Å². The molecule has 0 N–H and O–H groups in total. The Hall–Kier alpha value is -2.55. The van der Waals surface area contributed by atoms with Crippen molar-refractivity contribution < 1.29 is 0 Å². The third-order valence-electron chi connectivity index (χ3n) is 5.33. The molecule has 2 aromatic carbocycles. The summed E-state index contributed by atoms with van der Waals surface area (Å²) < 4.78 is 0. The first-order valence-corrected chi connectivity index (χ1v) is 10.3. The number of nitrogens with zero attached hydrogens (tertiary/aromatic N) is 3. The van der Waals surface area contributed by atoms with E-state index in [1.54, 1.807) is 0 Å². The van der Waals surface area contributed by atoms with Gasteiger partial charge in [-0.3, -0.25) is 0 Å². The van der Waals surface area contributed by atoms with E-state index >= 15 is 0 Å². The summed E-state index contributed by atoms with van der Waals surface area (Å²) >= 11 is 0. The highest BCUT2D eigenvalue weighted by atomic mass is 15.0. The number of benzene rings is 2. The average molecular weight is 374 g/mol. The Kier molecular flexibility index (Phi) is 6.23. The molecule has 0 spiro atoms. The predicted octanol–water partition coefficient (Wildman–Crippen LogP) is 6.73. The van der Waals surface area contributed by atoms with Crippen LogP contribution in [0.5, 0.6) is 0 Å². The second-order valence-corrected chi connectivity index (χ2v) is 8.02. The highest BCUT2D eigenvalue weighted by Crippen LogP contribution is 2.28. The van der Waals surface area contributed by atoms with Crippen LogP contribution in [0.2, 0.25) is 0 Å². The molecule has 1 heterocycles. The van der Waals surface area contributed by atoms with Crippen molar-refractivity contribution in [1.82, 2.24) is 15.0 Å². The van der Waals surface area contributed by atoms with Gasteiger partial charge in [0.1, 0.15) is 5.82 Å². The van der Waals surface area contributed by atoms with Crippen LogP contribution in [0.25, 0.3) is 22.8 Å². The van der Waals surface area contributed by atoms with Gasteiger partial charge in [-0.05, 0) is 45.2 Å². The number of aromatic nitrogens is 3. The lowest BCUT2D eigenvalue weighted by atomic mass is 10.0. The topological polar surface area (TPSA) is 38.7 Å². The van der Waals surface area contributed by atoms with Gasteiger partial charge in [-0.2, -0.15) is 0 Å². The van der Waals surface area contributed by atoms with Gasteiger partial charge in [0.05, 0.1) is 0 Å². The maximum atomic E-state index is 4.90. The summed E-state index contributed by atoms with van der Waals surface area (Å²) in [6.07, 6.45) is 3.47. The maximum Gasteiger partial charge on any atom is 0.163 e. The molecule has 3 heteroatoms. The zero-order chi connectivity index (χ0) is 20.3. The van der Waals surface area contributed by atoms with Crippen molar-refractivity contribution in [2.75, 3.05) is 0 Å². The SMILES string of the molecule is CCCCC(C)c1nc(-c2ccc(C)cc2C)nc(-c2ccc(C)cc2C)n1. The Morgan fingerprint density at radius 3 is 1.68 bits per heavy atom. The van der Waals surface area contributed by atoms with Crippen molar-refractivity contribution in [2.45, 2.75) is 66.7 Å². The molecule has 0 saturated heterocycles. The van der Waals surface area contributed by atoms with Crippen LogP contribution in [0.1, 0.15) is 67.1 Å². The molecule has 1 aromatic heterocycles. The van der Waals surface area contributed by atoms with Gasteiger partial charge in [0.25, 0.3) is 0 Å². The van der Waals surface area contributed by atoms with Gasteiger partial charge in [0.15, 0.2) is 11.6 Å². The molecule has 0 aliphatic carbocycles. The Morgan fingerprint density at radius 2 is 1.25 bits per heavy atom. The predicted molar refractivity (Wildman–Crippen MR) is 118 cm³/mol. The molecule has 146 valence electrons. The molecule has 0 aliphatic rings. The van der Waals surface area contributed by atoms with Gasteiger partial charge in [0.2, 0.25) is 0 Å². The van der Waals surface area contributed by atoms with Crippen LogP contribution in [0.15, 0.2) is 36.4 Å². The maximum absolute atomic E-state index is 4.90. The van der Waals surface area contributed by atoms with Crippen molar-refractivity contribution >= 4 is 0 Å². The van der Waals surface area contributed by atoms with Crippen molar-refractivity contribution in [2.24, 2.45) is 0 Å². The molecule has 0 saturated carbocycles. The number of rotatable bonds is 6. The van der Waals surface area contributed by atoms with Crippen LogP contribution in [-0.4, -0.2) is 15.0 Å². The summed E-state index contributed by atoms with van der Waals surface area (Å²) in [6.45, 7) is 12.9. The Balaban J connectivity index is 2.16. The third kappa shape index (κ3) is 4.46. The third-order valence-corrected chi connectivity index (χ3v) is 5.33. The van der Waals surface area contributed by atoms with Crippen molar-refractivity contribution in [1.29, 1.82) is 0 Å². The fourth-order valence-corrected chi connectivity index (χ4v) is 3.62. The highest BCUT2D eigenvalue weighted by Gasteiger charge is 2.17. The molecular weight excluding hydrogens is 342 g/mol. The summed E-state index contributed by atoms with van der Waals surface area (Å²) in [7, 11) is 0. The number of hydrogen-bond acceptors (Lipinski definition) is 3. The van der Waals surface area contributed by atoms with E-state index in [2.05, 4.69) is 77.9 Å². The molecule has 1 atom stereocenters. The van der Waals surface area contributed by atoms with Crippen LogP contribution in [0.3, 0.4) is 0 Å². The lowest BCUT2D eigenvalue weighted by Gasteiger charge is -2.15. The summed E-state index contributed by atoms with van der Waals surface area (Å²) in [5.41, 5.74) is 7.07. The monoisotopic (exact) mass is 373 g/mol. The smallest absolute Gasteiger partial charge is 0.163 e. The number of hydrogen-bond donors (Lipinski definition) is 0. The standard InChI is InChI=1S/C25H31N3/c1-7-8-9-18(4)23-26-24(21-12-10-16(2)14-19(21)5)28-25(27-23)22-13-11-17(3)15-20(22)6/h10-15,18H,7-9H2,1-6H3. The van der Waals surface area contributed by atoms with E-state index < -0.39 is 0 Å². The molecule has 0 aliphatic heterocycles. The molecule has 3 aromatic rings. The van der Waals surface area contributed by atoms with Crippen LogP contribution in [0, 0.1) is 27.7 Å². The van der Waals surface area contributed by atoms with Crippen LogP contribution < -0.4 is 0 Å². The molecule has 1 unspecified atom stereocenters. The normalized spacial score (nSPS) is 12.2. The zero-order valence-electron chi connectivity index (χ0n) is 18.0. The molecule has 0 amide bonds. The fraction of sp³-hybridized carbons (Fsp3) is 0.400. The zero-order valence-corrected chi connectivity index (χ0v) is 18.0. The first-order chi connectivity index (χ1) is 13.4. The van der Waals surface area contributed by atoms with Gasteiger partial charge in [-0.15, -0.1) is 0 Å². The Morgan fingerprint density at radius 1 is 0.750 bits per heavy atom. The van der Waals surface area contributed by atoms with E-state index in [1.807, 2.05) is 0 Å². The van der Waals surface area contributed by atoms with Gasteiger partial charge >= 0.3 is 0 Å².